The van der Waals surface area contributed by atoms with Gasteiger partial charge in [-0.2, -0.15) is 0 Å². The molecule has 14 heavy (non-hydrogen) atoms. The van der Waals surface area contributed by atoms with E-state index in [2.05, 4.69) is 45.4 Å². The Labute approximate surface area is 88.8 Å². The number of allylic oxidation sites excluding steroid dienone is 4. The third-order valence-corrected chi connectivity index (χ3v) is 2.18. The van der Waals surface area contributed by atoms with Gasteiger partial charge in [0.15, 0.2) is 0 Å². The summed E-state index contributed by atoms with van der Waals surface area (Å²) in [4.78, 5) is 2.34. The van der Waals surface area contributed by atoms with Crippen LogP contribution in [0.2, 0.25) is 0 Å². The molecule has 0 aliphatic heterocycles. The second-order valence-electron chi connectivity index (χ2n) is 3.74. The molecule has 1 heteroatoms. The second-order valence-corrected chi connectivity index (χ2v) is 3.74. The molecule has 0 amide bonds. The van der Waals surface area contributed by atoms with E-state index >= 15 is 0 Å². The van der Waals surface area contributed by atoms with Crippen LogP contribution in [0.1, 0.15) is 33.6 Å². The summed E-state index contributed by atoms with van der Waals surface area (Å²) in [7, 11) is 2.16. The lowest BCUT2D eigenvalue weighted by Gasteiger charge is -2.23. The van der Waals surface area contributed by atoms with E-state index in [-0.39, 0.29) is 0 Å². The molecule has 0 fully saturated rings. The molecule has 0 radical (unpaired) electrons. The summed E-state index contributed by atoms with van der Waals surface area (Å²) in [5.41, 5.74) is 2.82. The minimum Gasteiger partial charge on any atom is -0.378 e. The summed E-state index contributed by atoms with van der Waals surface area (Å²) in [5, 5.41) is 0. The van der Waals surface area contributed by atoms with E-state index < -0.39 is 0 Å². The van der Waals surface area contributed by atoms with Crippen molar-refractivity contribution in [2.45, 2.75) is 33.6 Å². The molecule has 0 aromatic rings. The highest BCUT2D eigenvalue weighted by Gasteiger charge is 2.02. The number of hydrogen-bond donors (Lipinski definition) is 0. The van der Waals surface area contributed by atoms with Gasteiger partial charge >= 0.3 is 0 Å². The Balaban J connectivity index is 4.38. The van der Waals surface area contributed by atoms with E-state index in [4.69, 9.17) is 0 Å². The van der Waals surface area contributed by atoms with Gasteiger partial charge in [-0.15, -0.1) is 0 Å². The van der Waals surface area contributed by atoms with Crippen molar-refractivity contribution < 1.29 is 0 Å². The summed E-state index contributed by atoms with van der Waals surface area (Å²) in [6.07, 6.45) is 8.18. The topological polar surface area (TPSA) is 3.24 Å². The lowest BCUT2D eigenvalue weighted by Crippen LogP contribution is -2.19. The van der Waals surface area contributed by atoms with E-state index in [0.29, 0.717) is 0 Å². The summed E-state index contributed by atoms with van der Waals surface area (Å²) < 4.78 is 0. The van der Waals surface area contributed by atoms with Gasteiger partial charge in [0.2, 0.25) is 0 Å². The number of nitrogens with zero attached hydrogens (tertiary/aromatic N) is 1. The molecule has 0 saturated carbocycles. The molecule has 0 aromatic carbocycles. The molecule has 0 heterocycles. The fraction of sp³-hybridized carbons (Fsp3) is 0.538. The van der Waals surface area contributed by atoms with Gasteiger partial charge in [0, 0.05) is 25.7 Å². The smallest absolute Gasteiger partial charge is 0.0169 e. The third kappa shape index (κ3) is 4.90. The Morgan fingerprint density at radius 1 is 1.36 bits per heavy atom. The molecule has 0 atom stereocenters. The van der Waals surface area contributed by atoms with Gasteiger partial charge in [-0.25, -0.2) is 0 Å². The molecule has 0 N–H and O–H groups in total. The van der Waals surface area contributed by atoms with Crippen LogP contribution in [0.4, 0.5) is 0 Å². The molecule has 0 aliphatic carbocycles. The Morgan fingerprint density at radius 3 is 2.43 bits per heavy atom. The first kappa shape index (κ1) is 13.0. The van der Waals surface area contributed by atoms with Gasteiger partial charge in [0.25, 0.3) is 0 Å². The van der Waals surface area contributed by atoms with Crippen molar-refractivity contribution in [2.75, 3.05) is 13.6 Å². The minimum absolute atomic E-state index is 1.00. The van der Waals surface area contributed by atoms with Gasteiger partial charge in [0.1, 0.15) is 0 Å². The van der Waals surface area contributed by atoms with Crippen LogP contribution in [-0.4, -0.2) is 18.5 Å². The van der Waals surface area contributed by atoms with Gasteiger partial charge in [-0.05, 0) is 20.3 Å². The Bertz CT molecular complexity index is 219. The Kier molecular flexibility index (Phi) is 6.91. The van der Waals surface area contributed by atoms with Crippen LogP contribution in [0.25, 0.3) is 0 Å². The van der Waals surface area contributed by atoms with Crippen LogP contribution >= 0.6 is 0 Å². The standard InChI is InChI=1S/C13H23N/c1-6-8-9-10-13(12(3)4)14(5)11-7-2/h6,8-9H,1,7,10-11H2,2-5H3. The predicted molar refractivity (Wildman–Crippen MR) is 65.2 cm³/mol. The Hall–Kier alpha value is -0.980. The van der Waals surface area contributed by atoms with Crippen molar-refractivity contribution >= 4 is 0 Å². The molecule has 0 unspecified atom stereocenters. The lowest BCUT2D eigenvalue weighted by molar-refractivity contribution is 0.404. The zero-order valence-corrected chi connectivity index (χ0v) is 10.0. The highest BCUT2D eigenvalue weighted by Crippen LogP contribution is 2.13. The van der Waals surface area contributed by atoms with E-state index in [1.165, 1.54) is 17.7 Å². The van der Waals surface area contributed by atoms with Crippen LogP contribution in [0.15, 0.2) is 36.1 Å². The predicted octanol–water partition coefficient (Wildman–Crippen LogP) is 3.75. The maximum absolute atomic E-state index is 3.67. The summed E-state index contributed by atoms with van der Waals surface area (Å²) in [6.45, 7) is 11.3. The number of rotatable bonds is 6. The van der Waals surface area contributed by atoms with Gasteiger partial charge in [-0.1, -0.05) is 37.3 Å². The highest BCUT2D eigenvalue weighted by atomic mass is 15.1. The maximum Gasteiger partial charge on any atom is 0.0169 e. The molecule has 0 rings (SSSR count). The van der Waals surface area contributed by atoms with E-state index in [1.807, 2.05) is 12.2 Å². The minimum atomic E-state index is 1.00. The molecule has 0 saturated heterocycles. The van der Waals surface area contributed by atoms with E-state index in [0.717, 1.165) is 13.0 Å². The van der Waals surface area contributed by atoms with Gasteiger partial charge in [-0.3, -0.25) is 0 Å². The molecule has 0 bridgehead atoms. The fourth-order valence-corrected chi connectivity index (χ4v) is 1.49. The van der Waals surface area contributed by atoms with E-state index in [9.17, 15) is 0 Å². The molecular weight excluding hydrogens is 170 g/mol. The monoisotopic (exact) mass is 193 g/mol. The van der Waals surface area contributed by atoms with Gasteiger partial charge < -0.3 is 4.90 Å². The molecule has 0 aliphatic rings. The average molecular weight is 193 g/mol. The Morgan fingerprint density at radius 2 is 2.00 bits per heavy atom. The maximum atomic E-state index is 3.67. The van der Waals surface area contributed by atoms with Gasteiger partial charge in [0.05, 0.1) is 0 Å². The van der Waals surface area contributed by atoms with Crippen molar-refractivity contribution in [3.05, 3.63) is 36.1 Å². The molecule has 1 nitrogen and oxygen atoms in total. The highest BCUT2D eigenvalue weighted by molar-refractivity contribution is 5.14. The van der Waals surface area contributed by atoms with Crippen molar-refractivity contribution in [1.29, 1.82) is 0 Å². The van der Waals surface area contributed by atoms with Crippen LogP contribution in [0.3, 0.4) is 0 Å². The molecule has 0 aromatic heterocycles. The first-order valence-corrected chi connectivity index (χ1v) is 5.28. The third-order valence-electron chi connectivity index (χ3n) is 2.18. The SMILES string of the molecule is C=CC=CCC(=C(C)C)N(C)CCC. The number of hydrogen-bond acceptors (Lipinski definition) is 1. The van der Waals surface area contributed by atoms with Crippen LogP contribution in [0.5, 0.6) is 0 Å². The van der Waals surface area contributed by atoms with Crippen molar-refractivity contribution in [1.82, 2.24) is 4.90 Å². The molecule has 80 valence electrons. The zero-order valence-electron chi connectivity index (χ0n) is 10.0. The summed E-state index contributed by atoms with van der Waals surface area (Å²) >= 11 is 0. The van der Waals surface area contributed by atoms with Crippen molar-refractivity contribution in [3.63, 3.8) is 0 Å². The lowest BCUT2D eigenvalue weighted by atomic mass is 10.1. The normalized spacial score (nSPS) is 10.3. The van der Waals surface area contributed by atoms with E-state index in [1.54, 1.807) is 0 Å². The quantitative estimate of drug-likeness (QED) is 0.581. The van der Waals surface area contributed by atoms with Crippen LogP contribution < -0.4 is 0 Å². The zero-order chi connectivity index (χ0) is 11.0. The average Bonchev–Trinajstić information content (AvgIpc) is 2.12. The second kappa shape index (κ2) is 7.43. The first-order chi connectivity index (χ1) is 6.63. The molecule has 0 spiro atoms. The fourth-order valence-electron chi connectivity index (χ4n) is 1.49. The summed E-state index contributed by atoms with van der Waals surface area (Å²) in [5.74, 6) is 0. The summed E-state index contributed by atoms with van der Waals surface area (Å²) in [6, 6.07) is 0. The molecular formula is C13H23N. The first-order valence-electron chi connectivity index (χ1n) is 5.28. The largest absolute Gasteiger partial charge is 0.378 e. The van der Waals surface area contributed by atoms with Crippen molar-refractivity contribution in [2.24, 2.45) is 0 Å². The van der Waals surface area contributed by atoms with Crippen molar-refractivity contribution in [3.8, 4) is 0 Å². The van der Waals surface area contributed by atoms with Crippen LogP contribution in [-0.2, 0) is 0 Å². The van der Waals surface area contributed by atoms with Crippen LogP contribution in [0, 0.1) is 0 Å².